The molecule has 72 valence electrons. The highest BCUT2D eigenvalue weighted by Crippen LogP contribution is 2.30. The van der Waals surface area contributed by atoms with Crippen molar-refractivity contribution < 1.29 is 5.11 Å². The molecule has 0 aliphatic rings. The summed E-state index contributed by atoms with van der Waals surface area (Å²) >= 11 is 5.83. The molecule has 1 aromatic carbocycles. The number of aryl methyl sites for hydroxylation is 1. The number of phenols is 1. The summed E-state index contributed by atoms with van der Waals surface area (Å²) in [5.74, 6) is 0.437. The summed E-state index contributed by atoms with van der Waals surface area (Å²) in [6.07, 6.45) is 0. The van der Waals surface area contributed by atoms with Gasteiger partial charge in [0.1, 0.15) is 5.75 Å². The van der Waals surface area contributed by atoms with Gasteiger partial charge in [0.15, 0.2) is 0 Å². The fourth-order valence-corrected chi connectivity index (χ4v) is 1.46. The minimum atomic E-state index is 0.162. The molecule has 1 aromatic rings. The normalized spacial score (nSPS) is 12.9. The summed E-state index contributed by atoms with van der Waals surface area (Å²) in [4.78, 5) is 0. The van der Waals surface area contributed by atoms with Crippen LogP contribution in [0.4, 0.5) is 0 Å². The Morgan fingerprint density at radius 3 is 2.62 bits per heavy atom. The number of hydrogen-bond donors (Lipinski definition) is 2. The summed E-state index contributed by atoms with van der Waals surface area (Å²) in [5, 5.41) is 9.82. The molecule has 0 saturated heterocycles. The molecule has 1 atom stereocenters. The summed E-state index contributed by atoms with van der Waals surface area (Å²) in [6, 6.07) is 3.68. The number of hydrogen-bond acceptors (Lipinski definition) is 2. The van der Waals surface area contributed by atoms with Gasteiger partial charge >= 0.3 is 0 Å². The third-order valence-corrected chi connectivity index (χ3v) is 2.49. The molecule has 1 rings (SSSR count). The van der Waals surface area contributed by atoms with E-state index in [-0.39, 0.29) is 11.7 Å². The van der Waals surface area contributed by atoms with Crippen LogP contribution in [0.2, 0.25) is 5.02 Å². The van der Waals surface area contributed by atoms with Gasteiger partial charge in [0.05, 0.1) is 5.02 Å². The van der Waals surface area contributed by atoms with Gasteiger partial charge < -0.3 is 10.8 Å². The third-order valence-electron chi connectivity index (χ3n) is 2.20. The van der Waals surface area contributed by atoms with E-state index in [2.05, 4.69) is 0 Å². The number of benzene rings is 1. The van der Waals surface area contributed by atoms with Crippen LogP contribution in [-0.2, 0) is 0 Å². The third kappa shape index (κ3) is 2.14. The molecule has 3 heteroatoms. The largest absolute Gasteiger partial charge is 0.506 e. The Hall–Kier alpha value is -0.730. The van der Waals surface area contributed by atoms with E-state index < -0.39 is 0 Å². The van der Waals surface area contributed by atoms with E-state index in [1.807, 2.05) is 19.9 Å². The van der Waals surface area contributed by atoms with Crippen molar-refractivity contribution in [1.82, 2.24) is 0 Å². The van der Waals surface area contributed by atoms with Gasteiger partial charge in [-0.2, -0.15) is 0 Å². The molecule has 0 aliphatic carbocycles. The molecule has 0 radical (unpaired) electrons. The molecule has 0 amide bonds. The first-order valence-electron chi connectivity index (χ1n) is 4.25. The van der Waals surface area contributed by atoms with Crippen molar-refractivity contribution in [3.63, 3.8) is 0 Å². The Labute approximate surface area is 83.3 Å². The highest BCUT2D eigenvalue weighted by Gasteiger charge is 2.08. The van der Waals surface area contributed by atoms with E-state index in [1.165, 1.54) is 0 Å². The first-order valence-corrected chi connectivity index (χ1v) is 4.63. The average molecular weight is 200 g/mol. The molecule has 0 saturated carbocycles. The van der Waals surface area contributed by atoms with E-state index in [1.54, 1.807) is 6.07 Å². The average Bonchev–Trinajstić information content (AvgIpc) is 2.12. The van der Waals surface area contributed by atoms with E-state index in [0.717, 1.165) is 11.1 Å². The van der Waals surface area contributed by atoms with Crippen LogP contribution < -0.4 is 5.73 Å². The van der Waals surface area contributed by atoms with E-state index in [4.69, 9.17) is 17.3 Å². The van der Waals surface area contributed by atoms with Crippen LogP contribution in [0, 0.1) is 6.92 Å². The van der Waals surface area contributed by atoms with E-state index in [9.17, 15) is 5.11 Å². The second-order valence-electron chi connectivity index (χ2n) is 3.30. The smallest absolute Gasteiger partial charge is 0.137 e. The number of phenolic OH excluding ortho intramolecular Hbond substituents is 1. The van der Waals surface area contributed by atoms with Crippen molar-refractivity contribution in [3.05, 3.63) is 28.3 Å². The summed E-state index contributed by atoms with van der Waals surface area (Å²) in [7, 11) is 0. The van der Waals surface area contributed by atoms with E-state index in [0.29, 0.717) is 11.6 Å². The van der Waals surface area contributed by atoms with Crippen LogP contribution in [0.25, 0.3) is 0 Å². The van der Waals surface area contributed by atoms with Crippen LogP contribution in [0.15, 0.2) is 12.1 Å². The molecule has 0 spiro atoms. The van der Waals surface area contributed by atoms with Crippen molar-refractivity contribution in [2.45, 2.75) is 19.8 Å². The Morgan fingerprint density at radius 2 is 2.15 bits per heavy atom. The maximum atomic E-state index is 9.42. The molecule has 3 N–H and O–H groups in total. The lowest BCUT2D eigenvalue weighted by molar-refractivity contribution is 0.471. The summed E-state index contributed by atoms with van der Waals surface area (Å²) in [5.41, 5.74) is 7.40. The Morgan fingerprint density at radius 1 is 1.54 bits per heavy atom. The summed E-state index contributed by atoms with van der Waals surface area (Å²) in [6.45, 7) is 4.44. The zero-order chi connectivity index (χ0) is 10.0. The number of aromatic hydroxyl groups is 1. The van der Waals surface area contributed by atoms with Gasteiger partial charge in [-0.1, -0.05) is 24.6 Å². The van der Waals surface area contributed by atoms with E-state index >= 15 is 0 Å². The number of rotatable bonds is 2. The van der Waals surface area contributed by atoms with Gasteiger partial charge in [-0.15, -0.1) is 0 Å². The van der Waals surface area contributed by atoms with Gasteiger partial charge in [-0.05, 0) is 36.6 Å². The predicted molar refractivity (Wildman–Crippen MR) is 55.3 cm³/mol. The quantitative estimate of drug-likeness (QED) is 0.769. The zero-order valence-electron chi connectivity index (χ0n) is 7.84. The Bertz CT molecular complexity index is 289. The minimum absolute atomic E-state index is 0.162. The maximum absolute atomic E-state index is 9.42. The molecule has 0 aromatic heterocycles. The lowest BCUT2D eigenvalue weighted by Crippen LogP contribution is -2.08. The van der Waals surface area contributed by atoms with Crippen LogP contribution in [0.1, 0.15) is 24.0 Å². The first-order chi connectivity index (χ1) is 6.06. The molecule has 1 unspecified atom stereocenters. The molecule has 0 fully saturated rings. The second-order valence-corrected chi connectivity index (χ2v) is 3.71. The van der Waals surface area contributed by atoms with Crippen molar-refractivity contribution in [3.8, 4) is 5.75 Å². The highest BCUT2D eigenvalue weighted by atomic mass is 35.5. The fraction of sp³-hybridized carbons (Fsp3) is 0.400. The molecule has 0 aliphatic heterocycles. The first kappa shape index (κ1) is 10.4. The van der Waals surface area contributed by atoms with Crippen molar-refractivity contribution in [1.29, 1.82) is 0 Å². The highest BCUT2D eigenvalue weighted by molar-refractivity contribution is 6.32. The van der Waals surface area contributed by atoms with Gasteiger partial charge in [0.25, 0.3) is 0 Å². The lowest BCUT2D eigenvalue weighted by Gasteiger charge is -2.11. The SMILES string of the molecule is Cc1cc(C(C)CN)cc(Cl)c1O. The Kier molecular flexibility index (Phi) is 3.17. The van der Waals surface area contributed by atoms with Crippen LogP contribution >= 0.6 is 11.6 Å². The van der Waals surface area contributed by atoms with Crippen LogP contribution in [0.5, 0.6) is 5.75 Å². The minimum Gasteiger partial charge on any atom is -0.506 e. The zero-order valence-corrected chi connectivity index (χ0v) is 8.60. The monoisotopic (exact) mass is 199 g/mol. The molecular formula is C10H14ClNO. The molecular weight excluding hydrogens is 186 g/mol. The van der Waals surface area contributed by atoms with Crippen LogP contribution in [-0.4, -0.2) is 11.7 Å². The molecule has 13 heavy (non-hydrogen) atoms. The topological polar surface area (TPSA) is 46.2 Å². The van der Waals surface area contributed by atoms with Crippen LogP contribution in [0.3, 0.4) is 0 Å². The standard InChI is InChI=1S/C10H14ClNO/c1-6-3-8(7(2)5-12)4-9(11)10(6)13/h3-4,7,13H,5,12H2,1-2H3. The Balaban J connectivity index is 3.13. The maximum Gasteiger partial charge on any atom is 0.137 e. The predicted octanol–water partition coefficient (Wildman–Crippen LogP) is 2.42. The molecule has 0 heterocycles. The van der Waals surface area contributed by atoms with Gasteiger partial charge in [0, 0.05) is 0 Å². The molecule has 2 nitrogen and oxygen atoms in total. The summed E-state index contributed by atoms with van der Waals surface area (Å²) < 4.78 is 0. The second kappa shape index (κ2) is 3.99. The van der Waals surface area contributed by atoms with Gasteiger partial charge in [0.2, 0.25) is 0 Å². The van der Waals surface area contributed by atoms with Crippen molar-refractivity contribution >= 4 is 11.6 Å². The fourth-order valence-electron chi connectivity index (χ4n) is 1.18. The number of nitrogens with two attached hydrogens (primary N) is 1. The number of halogens is 1. The van der Waals surface area contributed by atoms with Gasteiger partial charge in [-0.3, -0.25) is 0 Å². The van der Waals surface area contributed by atoms with Gasteiger partial charge in [-0.25, -0.2) is 0 Å². The molecule has 0 bridgehead atoms. The van der Waals surface area contributed by atoms with Crippen molar-refractivity contribution in [2.24, 2.45) is 5.73 Å². The van der Waals surface area contributed by atoms with Crippen molar-refractivity contribution in [2.75, 3.05) is 6.54 Å². The lowest BCUT2D eigenvalue weighted by atomic mass is 9.99.